The zero-order valence-corrected chi connectivity index (χ0v) is 37.1. The Morgan fingerprint density at radius 2 is 1.09 bits per heavy atom. The number of para-hydroxylation sites is 1. The zero-order valence-electron chi connectivity index (χ0n) is 35.5. The molecule has 0 aliphatic heterocycles. The van der Waals surface area contributed by atoms with Crippen LogP contribution in [0.2, 0.25) is 0 Å². The molecule has 5 heterocycles. The summed E-state index contributed by atoms with van der Waals surface area (Å²) in [5.74, 6) is 0.257. The highest BCUT2D eigenvalue weighted by molar-refractivity contribution is 7.25. The molecule has 0 spiro atoms. The number of hydrogen-bond acceptors (Lipinski definition) is 4. The summed E-state index contributed by atoms with van der Waals surface area (Å²) in [5.41, 5.74) is 13.4. The lowest BCUT2D eigenvalue weighted by molar-refractivity contribution is 0.669. The largest absolute Gasteiger partial charge is 0.456 e. The summed E-state index contributed by atoms with van der Waals surface area (Å²) < 4.78 is 13.8. The average Bonchev–Trinajstić information content (AvgIpc) is 4.15. The molecule has 0 saturated carbocycles. The summed E-state index contributed by atoms with van der Waals surface area (Å²) in [6.07, 6.45) is 8.17. The topological polar surface area (TPSA) is 30.4 Å². The normalized spacial score (nSPS) is 14.1. The lowest BCUT2D eigenvalue weighted by Crippen LogP contribution is -2.23. The molecule has 1 atom stereocenters. The maximum Gasteiger partial charge on any atom is 0.138 e. The van der Waals surface area contributed by atoms with Crippen LogP contribution >= 0.6 is 22.7 Å². The summed E-state index contributed by atoms with van der Waals surface area (Å²) in [6.45, 7) is 0. The molecule has 14 aromatic rings. The molecule has 0 amide bonds. The lowest BCUT2D eigenvalue weighted by atomic mass is 9.86. The van der Waals surface area contributed by atoms with Crippen molar-refractivity contribution >= 4 is 125 Å². The molecular formula is C61H36N2OS2. The van der Waals surface area contributed by atoms with Gasteiger partial charge in [-0.25, -0.2) is 4.98 Å². The number of rotatable bonds is 4. The van der Waals surface area contributed by atoms with Gasteiger partial charge in [-0.3, -0.25) is 4.40 Å². The number of fused-ring (bicyclic) bond motifs is 17. The van der Waals surface area contributed by atoms with E-state index in [-0.39, 0.29) is 5.92 Å². The number of imidazole rings is 1. The Labute approximate surface area is 386 Å². The van der Waals surface area contributed by atoms with Crippen molar-refractivity contribution in [1.82, 2.24) is 9.38 Å². The van der Waals surface area contributed by atoms with Crippen molar-refractivity contribution < 1.29 is 4.42 Å². The third-order valence-corrected chi connectivity index (χ3v) is 16.4. The molecule has 1 aliphatic carbocycles. The molecule has 0 saturated heterocycles. The molecule has 9 aromatic carbocycles. The molecule has 5 heteroatoms. The van der Waals surface area contributed by atoms with E-state index >= 15 is 0 Å². The molecule has 5 aromatic heterocycles. The van der Waals surface area contributed by atoms with Crippen molar-refractivity contribution in [2.45, 2.75) is 12.3 Å². The minimum absolute atomic E-state index is 0.257. The predicted molar refractivity (Wildman–Crippen MR) is 282 cm³/mol. The standard InChI is InChI=1S/C61H36N2OS2/c1-2-13-48-43(9-1)50-30-36(18-22-49(50)61-60(48)62-59-34-39(25-26-63(59)61)35-19-23-54-51(31-35)44-10-3-6-14-53(44)64-54)40-27-41(37-20-24-57-52(32-37)46-12-5-8-16-56(46)65-57)29-42(28-40)38-17-21-47-45-11-4-7-15-55(45)66-58(47)33-38/h1-19,21-34,37H,20H2. The van der Waals surface area contributed by atoms with Crippen molar-refractivity contribution in [1.29, 1.82) is 0 Å². The van der Waals surface area contributed by atoms with Gasteiger partial charge >= 0.3 is 0 Å². The van der Waals surface area contributed by atoms with E-state index in [2.05, 4.69) is 193 Å². The average molecular weight is 877 g/mol. The summed E-state index contributed by atoms with van der Waals surface area (Å²) in [7, 11) is 0. The van der Waals surface area contributed by atoms with Crippen LogP contribution < -0.4 is 9.75 Å². The Balaban J connectivity index is 0.908. The number of benzene rings is 9. The summed E-state index contributed by atoms with van der Waals surface area (Å²) in [5, 5.41) is 12.4. The molecule has 0 fully saturated rings. The second kappa shape index (κ2) is 13.8. The summed E-state index contributed by atoms with van der Waals surface area (Å²) in [6, 6.07) is 67.1. The predicted octanol–water partition coefficient (Wildman–Crippen LogP) is 16.0. The molecule has 1 aliphatic rings. The Morgan fingerprint density at radius 3 is 1.95 bits per heavy atom. The van der Waals surface area contributed by atoms with Gasteiger partial charge in [-0.1, -0.05) is 133 Å². The van der Waals surface area contributed by atoms with Crippen molar-refractivity contribution in [2.24, 2.45) is 0 Å². The smallest absolute Gasteiger partial charge is 0.138 e. The van der Waals surface area contributed by atoms with E-state index in [0.29, 0.717) is 0 Å². The Morgan fingerprint density at radius 1 is 0.455 bits per heavy atom. The SMILES string of the molecule is C1=c2sc3ccccc3c2=CC(c2cc(-c3ccc4c(c3)sc3ccccc34)cc(-c3ccc4c(c3)c3ccccc3c3nc5cc(-c6ccc7oc8ccccc8c7c6)ccn5c43)c2)C1. The first-order valence-corrected chi connectivity index (χ1v) is 24.2. The van der Waals surface area contributed by atoms with E-state index in [1.165, 1.54) is 84.0 Å². The fourth-order valence-electron chi connectivity index (χ4n) is 10.9. The maximum absolute atomic E-state index is 6.16. The number of nitrogens with zero attached hydrogens (tertiary/aromatic N) is 2. The fraction of sp³-hybridized carbons (Fsp3) is 0.0328. The van der Waals surface area contributed by atoms with Crippen LogP contribution in [0.3, 0.4) is 0 Å². The third-order valence-electron chi connectivity index (χ3n) is 14.1. The van der Waals surface area contributed by atoms with E-state index in [1.54, 1.807) is 0 Å². The second-order valence-electron chi connectivity index (χ2n) is 17.8. The first-order chi connectivity index (χ1) is 32.6. The van der Waals surface area contributed by atoms with Gasteiger partial charge in [0.25, 0.3) is 0 Å². The van der Waals surface area contributed by atoms with Gasteiger partial charge in [-0.05, 0) is 127 Å². The van der Waals surface area contributed by atoms with Crippen molar-refractivity contribution in [2.75, 3.05) is 0 Å². The molecule has 0 radical (unpaired) electrons. The highest BCUT2D eigenvalue weighted by atomic mass is 32.1. The molecule has 308 valence electrons. The van der Waals surface area contributed by atoms with Gasteiger partial charge in [0.1, 0.15) is 16.8 Å². The van der Waals surface area contributed by atoms with E-state index in [4.69, 9.17) is 9.40 Å². The van der Waals surface area contributed by atoms with Crippen molar-refractivity contribution in [3.8, 4) is 33.4 Å². The van der Waals surface area contributed by atoms with Crippen LogP contribution in [0.1, 0.15) is 17.9 Å². The van der Waals surface area contributed by atoms with Gasteiger partial charge in [0.15, 0.2) is 0 Å². The Kier molecular flexibility index (Phi) is 7.65. The highest BCUT2D eigenvalue weighted by Gasteiger charge is 2.20. The molecule has 0 N–H and O–H groups in total. The van der Waals surface area contributed by atoms with Gasteiger partial charge in [0, 0.05) is 63.1 Å². The molecular weight excluding hydrogens is 841 g/mol. The number of thiophene rings is 2. The van der Waals surface area contributed by atoms with Crippen molar-refractivity contribution in [3.63, 3.8) is 0 Å². The minimum Gasteiger partial charge on any atom is -0.456 e. The number of aromatic nitrogens is 2. The molecule has 1 unspecified atom stereocenters. The van der Waals surface area contributed by atoms with E-state index < -0.39 is 0 Å². The molecule has 15 rings (SSSR count). The number of pyridine rings is 1. The summed E-state index contributed by atoms with van der Waals surface area (Å²) >= 11 is 3.79. The highest BCUT2D eigenvalue weighted by Crippen LogP contribution is 2.42. The van der Waals surface area contributed by atoms with Gasteiger partial charge in [0.05, 0.1) is 11.0 Å². The second-order valence-corrected chi connectivity index (χ2v) is 20.0. The van der Waals surface area contributed by atoms with Crippen LogP contribution in [0.25, 0.3) is 136 Å². The van der Waals surface area contributed by atoms with E-state index in [1.807, 2.05) is 34.8 Å². The lowest BCUT2D eigenvalue weighted by Gasteiger charge is -2.18. The number of hydrogen-bond donors (Lipinski definition) is 0. The van der Waals surface area contributed by atoms with E-state index in [9.17, 15) is 0 Å². The maximum atomic E-state index is 6.16. The third kappa shape index (κ3) is 5.45. The fourth-order valence-corrected chi connectivity index (χ4v) is 13.2. The summed E-state index contributed by atoms with van der Waals surface area (Å²) in [4.78, 5) is 5.38. The van der Waals surface area contributed by atoms with Gasteiger partial charge in [-0.2, -0.15) is 0 Å². The minimum atomic E-state index is 0.257. The Hall–Kier alpha value is -7.83. The van der Waals surface area contributed by atoms with Crippen molar-refractivity contribution in [3.05, 3.63) is 204 Å². The van der Waals surface area contributed by atoms with Gasteiger partial charge in [-0.15, -0.1) is 22.7 Å². The monoisotopic (exact) mass is 876 g/mol. The number of furan rings is 1. The van der Waals surface area contributed by atoms with Crippen LogP contribution in [0.15, 0.2) is 193 Å². The van der Waals surface area contributed by atoms with Gasteiger partial charge < -0.3 is 4.42 Å². The van der Waals surface area contributed by atoms with Crippen LogP contribution in [0, 0.1) is 0 Å². The first kappa shape index (κ1) is 36.5. The van der Waals surface area contributed by atoms with E-state index in [0.717, 1.165) is 61.6 Å². The molecule has 3 nitrogen and oxygen atoms in total. The van der Waals surface area contributed by atoms with Crippen LogP contribution in [0.5, 0.6) is 0 Å². The first-order valence-electron chi connectivity index (χ1n) is 22.6. The van der Waals surface area contributed by atoms with Crippen LogP contribution in [-0.4, -0.2) is 9.38 Å². The zero-order chi connectivity index (χ0) is 43.0. The Bertz CT molecular complexity index is 4520. The van der Waals surface area contributed by atoms with Crippen LogP contribution in [0.4, 0.5) is 0 Å². The quantitative estimate of drug-likeness (QED) is 0.165. The molecule has 0 bridgehead atoms. The van der Waals surface area contributed by atoms with Crippen LogP contribution in [-0.2, 0) is 0 Å². The molecule has 66 heavy (non-hydrogen) atoms. The van der Waals surface area contributed by atoms with Gasteiger partial charge in [0.2, 0.25) is 0 Å².